The summed E-state index contributed by atoms with van der Waals surface area (Å²) in [6.07, 6.45) is 3.69. The topological polar surface area (TPSA) is 29.3 Å². The number of nitrogens with zero attached hydrogens (tertiary/aromatic N) is 1. The highest BCUT2D eigenvalue weighted by Gasteiger charge is 2.42. The van der Waals surface area contributed by atoms with E-state index in [4.69, 9.17) is 5.73 Å². The molecule has 1 atom stereocenters. The van der Waals surface area contributed by atoms with Crippen LogP contribution in [0.15, 0.2) is 54.9 Å². The molecule has 0 spiro atoms. The number of hydrogen-bond acceptors (Lipinski definition) is 2. The summed E-state index contributed by atoms with van der Waals surface area (Å²) in [4.78, 5) is 2.35. The van der Waals surface area contributed by atoms with Gasteiger partial charge in [-0.05, 0) is 46.2 Å². The summed E-state index contributed by atoms with van der Waals surface area (Å²) < 4.78 is 0. The van der Waals surface area contributed by atoms with E-state index in [1.54, 1.807) is 6.20 Å². The molecular formula is C23H30N2. The molecule has 0 aromatic heterocycles. The summed E-state index contributed by atoms with van der Waals surface area (Å²) in [5, 5.41) is 0. The maximum atomic E-state index is 5.76. The zero-order valence-corrected chi connectivity index (χ0v) is 16.1. The lowest BCUT2D eigenvalue weighted by atomic mass is 9.73. The minimum absolute atomic E-state index is 0.114. The Bertz CT molecular complexity index is 774. The zero-order valence-electron chi connectivity index (χ0n) is 16.1. The van der Waals surface area contributed by atoms with E-state index >= 15 is 0 Å². The Labute approximate surface area is 152 Å². The summed E-state index contributed by atoms with van der Waals surface area (Å²) >= 11 is 0. The molecule has 2 aromatic rings. The van der Waals surface area contributed by atoms with Gasteiger partial charge in [-0.3, -0.25) is 0 Å². The summed E-state index contributed by atoms with van der Waals surface area (Å²) in [7, 11) is 0. The number of benzene rings is 2. The maximum Gasteiger partial charge on any atom is 0.0481 e. The van der Waals surface area contributed by atoms with Crippen LogP contribution in [0.3, 0.4) is 0 Å². The summed E-state index contributed by atoms with van der Waals surface area (Å²) in [5.74, 6) is 1.01. The van der Waals surface area contributed by atoms with Gasteiger partial charge in [0.25, 0.3) is 0 Å². The van der Waals surface area contributed by atoms with Crippen molar-refractivity contribution in [2.75, 3.05) is 11.4 Å². The SMILES string of the molecule is CC(C)c1cc(-c2ccccc2)cc2c1N(/C=C\N)CC2(C)C(C)C. The molecule has 0 fully saturated rings. The third-order valence-corrected chi connectivity index (χ3v) is 5.81. The average molecular weight is 335 g/mol. The molecule has 25 heavy (non-hydrogen) atoms. The highest BCUT2D eigenvalue weighted by molar-refractivity contribution is 5.77. The molecule has 2 nitrogen and oxygen atoms in total. The summed E-state index contributed by atoms with van der Waals surface area (Å²) in [6, 6.07) is 15.5. The van der Waals surface area contributed by atoms with Gasteiger partial charge in [-0.2, -0.15) is 0 Å². The second-order valence-corrected chi connectivity index (χ2v) is 8.02. The minimum Gasteiger partial charge on any atom is -0.403 e. The molecule has 2 heteroatoms. The molecule has 0 radical (unpaired) electrons. The number of anilines is 1. The van der Waals surface area contributed by atoms with Gasteiger partial charge in [0.05, 0.1) is 0 Å². The van der Waals surface area contributed by atoms with Crippen LogP contribution in [-0.2, 0) is 5.41 Å². The van der Waals surface area contributed by atoms with Crippen LogP contribution in [0.5, 0.6) is 0 Å². The first-order chi connectivity index (χ1) is 11.9. The van der Waals surface area contributed by atoms with E-state index in [0.717, 1.165) is 6.54 Å². The molecule has 2 N–H and O–H groups in total. The second-order valence-electron chi connectivity index (χ2n) is 8.02. The lowest BCUT2D eigenvalue weighted by Gasteiger charge is -2.30. The molecule has 0 saturated carbocycles. The van der Waals surface area contributed by atoms with Crippen molar-refractivity contribution in [2.24, 2.45) is 11.7 Å². The zero-order chi connectivity index (χ0) is 18.2. The molecule has 0 amide bonds. The van der Waals surface area contributed by atoms with Crippen LogP contribution in [0.1, 0.15) is 51.7 Å². The van der Waals surface area contributed by atoms with Crippen molar-refractivity contribution in [3.63, 3.8) is 0 Å². The van der Waals surface area contributed by atoms with Crippen molar-refractivity contribution in [3.8, 4) is 11.1 Å². The first kappa shape index (κ1) is 17.6. The Hall–Kier alpha value is -2.22. The highest BCUT2D eigenvalue weighted by Crippen LogP contribution is 2.50. The summed E-state index contributed by atoms with van der Waals surface area (Å²) in [5.41, 5.74) is 12.7. The quantitative estimate of drug-likeness (QED) is 0.784. The van der Waals surface area contributed by atoms with Crippen molar-refractivity contribution in [1.82, 2.24) is 0 Å². The van der Waals surface area contributed by atoms with E-state index in [0.29, 0.717) is 11.8 Å². The van der Waals surface area contributed by atoms with E-state index in [-0.39, 0.29) is 5.41 Å². The molecule has 0 saturated heterocycles. The van der Waals surface area contributed by atoms with Gasteiger partial charge in [-0.1, -0.05) is 65.0 Å². The normalized spacial score (nSPS) is 20.0. The van der Waals surface area contributed by atoms with E-state index in [2.05, 4.69) is 82.0 Å². The van der Waals surface area contributed by atoms with Gasteiger partial charge >= 0.3 is 0 Å². The lowest BCUT2D eigenvalue weighted by molar-refractivity contribution is 0.364. The molecule has 0 aliphatic carbocycles. The fraction of sp³-hybridized carbons (Fsp3) is 0.391. The Kier molecular flexibility index (Phi) is 4.64. The highest BCUT2D eigenvalue weighted by atomic mass is 15.2. The van der Waals surface area contributed by atoms with Crippen LogP contribution in [0.25, 0.3) is 11.1 Å². The van der Waals surface area contributed by atoms with Crippen molar-refractivity contribution < 1.29 is 0 Å². The van der Waals surface area contributed by atoms with Crippen molar-refractivity contribution in [1.29, 1.82) is 0 Å². The molecule has 1 unspecified atom stereocenters. The predicted molar refractivity (Wildman–Crippen MR) is 109 cm³/mol. The first-order valence-corrected chi connectivity index (χ1v) is 9.27. The first-order valence-electron chi connectivity index (χ1n) is 9.27. The van der Waals surface area contributed by atoms with E-state index in [9.17, 15) is 0 Å². The third-order valence-electron chi connectivity index (χ3n) is 5.81. The molecular weight excluding hydrogens is 304 g/mol. The smallest absolute Gasteiger partial charge is 0.0481 e. The Morgan fingerprint density at radius 2 is 1.72 bits per heavy atom. The number of rotatable bonds is 4. The summed E-state index contributed by atoms with van der Waals surface area (Å²) in [6.45, 7) is 12.6. The Balaban J connectivity index is 2.29. The average Bonchev–Trinajstić information content (AvgIpc) is 2.89. The van der Waals surface area contributed by atoms with Gasteiger partial charge in [-0.15, -0.1) is 0 Å². The van der Waals surface area contributed by atoms with Gasteiger partial charge in [0.1, 0.15) is 0 Å². The number of fused-ring (bicyclic) bond motifs is 1. The van der Waals surface area contributed by atoms with E-state index in [1.807, 2.05) is 6.20 Å². The molecule has 3 rings (SSSR count). The molecule has 1 aliphatic heterocycles. The fourth-order valence-corrected chi connectivity index (χ4v) is 3.89. The lowest BCUT2D eigenvalue weighted by Crippen LogP contribution is -2.33. The van der Waals surface area contributed by atoms with Crippen molar-refractivity contribution >= 4 is 5.69 Å². The van der Waals surface area contributed by atoms with Crippen LogP contribution < -0.4 is 10.6 Å². The second kappa shape index (κ2) is 6.59. The van der Waals surface area contributed by atoms with E-state index < -0.39 is 0 Å². The maximum absolute atomic E-state index is 5.76. The van der Waals surface area contributed by atoms with Crippen LogP contribution >= 0.6 is 0 Å². The van der Waals surface area contributed by atoms with Crippen LogP contribution in [0, 0.1) is 5.92 Å². The predicted octanol–water partition coefficient (Wildman–Crippen LogP) is 5.64. The van der Waals surface area contributed by atoms with Crippen LogP contribution in [0.4, 0.5) is 5.69 Å². The van der Waals surface area contributed by atoms with Gasteiger partial charge in [0.2, 0.25) is 0 Å². The number of hydrogen-bond donors (Lipinski definition) is 1. The third kappa shape index (κ3) is 2.95. The van der Waals surface area contributed by atoms with Gasteiger partial charge < -0.3 is 10.6 Å². The van der Waals surface area contributed by atoms with Gasteiger partial charge in [-0.25, -0.2) is 0 Å². The standard InChI is InChI=1S/C23H30N2/c1-16(2)20-13-19(18-9-7-6-8-10-18)14-21-22(20)25(12-11-24)15-23(21,5)17(3)4/h6-14,16-17H,15,24H2,1-5H3/b12-11-. The van der Waals surface area contributed by atoms with E-state index in [1.165, 1.54) is 27.9 Å². The monoisotopic (exact) mass is 334 g/mol. The Morgan fingerprint density at radius 3 is 2.28 bits per heavy atom. The Morgan fingerprint density at radius 1 is 1.04 bits per heavy atom. The molecule has 1 aliphatic rings. The molecule has 132 valence electrons. The van der Waals surface area contributed by atoms with Crippen molar-refractivity contribution in [2.45, 2.75) is 46.0 Å². The minimum atomic E-state index is 0.114. The molecule has 2 aromatic carbocycles. The van der Waals surface area contributed by atoms with Crippen LogP contribution in [-0.4, -0.2) is 6.54 Å². The fourth-order valence-electron chi connectivity index (χ4n) is 3.89. The van der Waals surface area contributed by atoms with Crippen LogP contribution in [0.2, 0.25) is 0 Å². The molecule has 1 heterocycles. The van der Waals surface area contributed by atoms with Crippen molar-refractivity contribution in [3.05, 3.63) is 66.0 Å². The van der Waals surface area contributed by atoms with Gasteiger partial charge in [0.15, 0.2) is 0 Å². The van der Waals surface area contributed by atoms with Gasteiger partial charge in [0, 0.05) is 30.0 Å². The largest absolute Gasteiger partial charge is 0.403 e. The number of nitrogens with two attached hydrogens (primary N) is 1. The molecule has 0 bridgehead atoms.